The monoisotopic (exact) mass is 446 g/mol. The molecule has 6 nitrogen and oxygen atoms in total. The van der Waals surface area contributed by atoms with Crippen LogP contribution in [-0.4, -0.2) is 37.2 Å². The van der Waals surface area contributed by atoms with Crippen molar-refractivity contribution < 1.29 is 23.5 Å². The summed E-state index contributed by atoms with van der Waals surface area (Å²) in [6, 6.07) is 5.52. The molecule has 2 aromatic rings. The van der Waals surface area contributed by atoms with Crippen LogP contribution in [-0.2, 0) is 22.4 Å². The molecule has 8 heteroatoms. The highest BCUT2D eigenvalue weighted by atomic mass is 32.1. The van der Waals surface area contributed by atoms with Crippen LogP contribution in [0, 0.1) is 5.82 Å². The molecule has 1 aliphatic carbocycles. The molecule has 1 aliphatic heterocycles. The molecule has 1 saturated heterocycles. The maximum Gasteiger partial charge on any atom is 0.265 e. The molecule has 2 aliphatic rings. The molecule has 0 spiro atoms. The van der Waals surface area contributed by atoms with E-state index in [1.165, 1.54) is 35.6 Å². The number of amides is 2. The zero-order chi connectivity index (χ0) is 21.8. The first-order chi connectivity index (χ1) is 15.0. The van der Waals surface area contributed by atoms with Gasteiger partial charge in [-0.05, 0) is 75.3 Å². The van der Waals surface area contributed by atoms with E-state index in [9.17, 15) is 14.0 Å². The number of hydrogen-bond acceptors (Lipinski definition) is 5. The van der Waals surface area contributed by atoms with Crippen molar-refractivity contribution in [3.8, 4) is 5.75 Å². The van der Waals surface area contributed by atoms with Gasteiger partial charge < -0.3 is 20.1 Å². The van der Waals surface area contributed by atoms with Gasteiger partial charge in [-0.25, -0.2) is 4.39 Å². The smallest absolute Gasteiger partial charge is 0.265 e. The second-order valence-electron chi connectivity index (χ2n) is 7.96. The van der Waals surface area contributed by atoms with Gasteiger partial charge in [0, 0.05) is 18.0 Å². The highest BCUT2D eigenvalue weighted by molar-refractivity contribution is 7.17. The average molecular weight is 447 g/mol. The lowest BCUT2D eigenvalue weighted by molar-refractivity contribution is -0.122. The zero-order valence-electron chi connectivity index (χ0n) is 17.5. The number of fused-ring (bicyclic) bond motifs is 1. The van der Waals surface area contributed by atoms with Gasteiger partial charge in [-0.15, -0.1) is 11.3 Å². The highest BCUT2D eigenvalue weighted by Crippen LogP contribution is 2.38. The molecule has 166 valence electrons. The van der Waals surface area contributed by atoms with Crippen molar-refractivity contribution in [1.29, 1.82) is 0 Å². The summed E-state index contributed by atoms with van der Waals surface area (Å²) in [5.41, 5.74) is 1.61. The SMILES string of the molecule is C[C@@H](Oc1ccc(F)cc1)C(=O)Nc1sc2c(c1C(=O)NC[C@H]1CCCO1)CCCC2. The number of rotatable bonds is 7. The van der Waals surface area contributed by atoms with E-state index in [2.05, 4.69) is 10.6 Å². The first-order valence-corrected chi connectivity index (χ1v) is 11.6. The van der Waals surface area contributed by atoms with Gasteiger partial charge >= 0.3 is 0 Å². The largest absolute Gasteiger partial charge is 0.481 e. The van der Waals surface area contributed by atoms with Crippen molar-refractivity contribution in [3.05, 3.63) is 46.1 Å². The summed E-state index contributed by atoms with van der Waals surface area (Å²) in [4.78, 5) is 27.0. The Labute approximate surface area is 185 Å². The van der Waals surface area contributed by atoms with Crippen molar-refractivity contribution in [2.45, 2.75) is 57.7 Å². The zero-order valence-corrected chi connectivity index (χ0v) is 18.4. The molecule has 0 saturated carbocycles. The third kappa shape index (κ3) is 5.25. The van der Waals surface area contributed by atoms with E-state index >= 15 is 0 Å². The summed E-state index contributed by atoms with van der Waals surface area (Å²) in [7, 11) is 0. The van der Waals surface area contributed by atoms with Crippen LogP contribution in [0.5, 0.6) is 5.75 Å². The molecule has 0 bridgehead atoms. The fourth-order valence-electron chi connectivity index (χ4n) is 3.98. The summed E-state index contributed by atoms with van der Waals surface area (Å²) in [6.45, 7) is 2.84. The van der Waals surface area contributed by atoms with Crippen molar-refractivity contribution in [2.24, 2.45) is 0 Å². The van der Waals surface area contributed by atoms with E-state index < -0.39 is 6.10 Å². The van der Waals surface area contributed by atoms with Crippen LogP contribution < -0.4 is 15.4 Å². The molecular weight excluding hydrogens is 419 g/mol. The number of nitrogens with one attached hydrogen (secondary N) is 2. The maximum absolute atomic E-state index is 13.1. The van der Waals surface area contributed by atoms with Gasteiger partial charge in [0.2, 0.25) is 0 Å². The van der Waals surface area contributed by atoms with Crippen LogP contribution in [0.15, 0.2) is 24.3 Å². The Morgan fingerprint density at radius 3 is 2.74 bits per heavy atom. The van der Waals surface area contributed by atoms with Gasteiger partial charge in [0.15, 0.2) is 6.10 Å². The first-order valence-electron chi connectivity index (χ1n) is 10.8. The summed E-state index contributed by atoms with van der Waals surface area (Å²) >= 11 is 1.47. The van der Waals surface area contributed by atoms with Gasteiger partial charge in [0.25, 0.3) is 11.8 Å². The van der Waals surface area contributed by atoms with E-state index in [-0.39, 0.29) is 23.7 Å². The molecule has 2 atom stereocenters. The second kappa shape index (κ2) is 9.78. The molecule has 2 heterocycles. The van der Waals surface area contributed by atoms with Crippen LogP contribution >= 0.6 is 11.3 Å². The topological polar surface area (TPSA) is 76.7 Å². The lowest BCUT2D eigenvalue weighted by atomic mass is 9.95. The lowest BCUT2D eigenvalue weighted by Gasteiger charge is -2.16. The summed E-state index contributed by atoms with van der Waals surface area (Å²) in [6.07, 6.45) is 5.10. The molecule has 2 amide bonds. The lowest BCUT2D eigenvalue weighted by Crippen LogP contribution is -2.34. The third-order valence-corrected chi connectivity index (χ3v) is 6.85. The average Bonchev–Trinajstić information content (AvgIpc) is 3.41. The van der Waals surface area contributed by atoms with Crippen molar-refractivity contribution in [1.82, 2.24) is 5.32 Å². The van der Waals surface area contributed by atoms with Crippen molar-refractivity contribution >= 4 is 28.2 Å². The minimum atomic E-state index is -0.799. The standard InChI is InChI=1S/C23H27FN2O4S/c1-14(30-16-10-8-15(24)9-11-16)21(27)26-23-20(18-6-2-3-7-19(18)31-23)22(28)25-13-17-5-4-12-29-17/h8-11,14,17H,2-7,12-13H2,1H3,(H,25,28)(H,26,27)/t14-,17-/m1/s1. The first kappa shape index (κ1) is 21.8. The Balaban J connectivity index is 1.47. The number of thiophene rings is 1. The quantitative estimate of drug-likeness (QED) is 0.672. The fourth-order valence-corrected chi connectivity index (χ4v) is 5.27. The van der Waals surface area contributed by atoms with Gasteiger partial charge in [0.05, 0.1) is 11.7 Å². The molecular formula is C23H27FN2O4S. The molecule has 0 radical (unpaired) electrons. The molecule has 2 N–H and O–H groups in total. The van der Waals surface area contributed by atoms with Crippen molar-refractivity contribution in [3.63, 3.8) is 0 Å². The predicted octanol–water partition coefficient (Wildman–Crippen LogP) is 4.08. The van der Waals surface area contributed by atoms with E-state index in [4.69, 9.17) is 9.47 Å². The molecule has 1 fully saturated rings. The van der Waals surface area contributed by atoms with Crippen LogP contribution in [0.25, 0.3) is 0 Å². The number of carbonyl (C=O) groups is 2. The number of carbonyl (C=O) groups excluding carboxylic acids is 2. The maximum atomic E-state index is 13.1. The Morgan fingerprint density at radius 2 is 2.00 bits per heavy atom. The van der Waals surface area contributed by atoms with Crippen LogP contribution in [0.3, 0.4) is 0 Å². The predicted molar refractivity (Wildman–Crippen MR) is 117 cm³/mol. The van der Waals surface area contributed by atoms with Gasteiger partial charge in [0.1, 0.15) is 16.6 Å². The number of ether oxygens (including phenoxy) is 2. The van der Waals surface area contributed by atoms with E-state index in [1.54, 1.807) is 6.92 Å². The Morgan fingerprint density at radius 1 is 1.23 bits per heavy atom. The molecule has 1 aromatic carbocycles. The minimum absolute atomic E-state index is 0.0561. The third-order valence-electron chi connectivity index (χ3n) is 5.65. The number of benzene rings is 1. The normalized spacial score (nSPS) is 18.8. The number of aryl methyl sites for hydroxylation is 1. The number of anilines is 1. The molecule has 4 rings (SSSR count). The molecule has 31 heavy (non-hydrogen) atoms. The van der Waals surface area contributed by atoms with Crippen LogP contribution in [0.1, 0.15) is 53.4 Å². The second-order valence-corrected chi connectivity index (χ2v) is 9.07. The Hall–Kier alpha value is -2.45. The highest BCUT2D eigenvalue weighted by Gasteiger charge is 2.28. The molecule has 1 aromatic heterocycles. The molecule has 0 unspecified atom stereocenters. The van der Waals surface area contributed by atoms with Gasteiger partial charge in [-0.1, -0.05) is 0 Å². The van der Waals surface area contributed by atoms with E-state index in [0.717, 1.165) is 55.6 Å². The van der Waals surface area contributed by atoms with E-state index in [0.29, 0.717) is 22.9 Å². The summed E-state index contributed by atoms with van der Waals surface area (Å²) < 4.78 is 24.3. The minimum Gasteiger partial charge on any atom is -0.481 e. The fraction of sp³-hybridized carbons (Fsp3) is 0.478. The van der Waals surface area contributed by atoms with Crippen molar-refractivity contribution in [2.75, 3.05) is 18.5 Å². The van der Waals surface area contributed by atoms with Gasteiger partial charge in [-0.2, -0.15) is 0 Å². The van der Waals surface area contributed by atoms with Gasteiger partial charge in [-0.3, -0.25) is 9.59 Å². The summed E-state index contributed by atoms with van der Waals surface area (Å²) in [5.74, 6) is -0.482. The number of hydrogen-bond donors (Lipinski definition) is 2. The Bertz CT molecular complexity index is 938. The van der Waals surface area contributed by atoms with E-state index in [1.807, 2.05) is 0 Å². The Kier molecular flexibility index (Phi) is 6.87. The van der Waals surface area contributed by atoms with Crippen LogP contribution in [0.4, 0.5) is 9.39 Å². The number of halogens is 1. The van der Waals surface area contributed by atoms with Crippen LogP contribution in [0.2, 0.25) is 0 Å². The summed E-state index contributed by atoms with van der Waals surface area (Å²) in [5, 5.41) is 6.45.